The van der Waals surface area contributed by atoms with Crippen molar-refractivity contribution in [2.75, 3.05) is 6.54 Å². The molecule has 0 bridgehead atoms. The fraction of sp³-hybridized carbons (Fsp3) is 0.231. The monoisotopic (exact) mass is 469 g/mol. The van der Waals surface area contributed by atoms with E-state index in [2.05, 4.69) is 48.8 Å². The van der Waals surface area contributed by atoms with E-state index in [9.17, 15) is 13.6 Å². The number of nitrogens with one attached hydrogen (secondary N) is 1. The highest BCUT2D eigenvalue weighted by atomic mass is 127. The van der Waals surface area contributed by atoms with Gasteiger partial charge in [0.1, 0.15) is 5.82 Å². The summed E-state index contributed by atoms with van der Waals surface area (Å²) in [5.74, 6) is 0.00472. The highest BCUT2D eigenvalue weighted by Gasteiger charge is 2.13. The minimum absolute atomic E-state index is 0.240. The molecule has 112 valence electrons. The van der Waals surface area contributed by atoms with Crippen LogP contribution < -0.4 is 5.32 Å². The zero-order valence-electron chi connectivity index (χ0n) is 10.7. The van der Waals surface area contributed by atoms with Crippen LogP contribution in [0.15, 0.2) is 35.1 Å². The number of imidazole rings is 1. The minimum Gasteiger partial charge on any atom is -0.352 e. The largest absolute Gasteiger partial charge is 0.352 e. The van der Waals surface area contributed by atoms with E-state index in [1.54, 1.807) is 6.07 Å². The summed E-state index contributed by atoms with van der Waals surface area (Å²) in [5, 5.41) is 2.71. The summed E-state index contributed by atoms with van der Waals surface area (Å²) >= 11 is 5.38. The predicted molar refractivity (Wildman–Crippen MR) is 86.4 cm³/mol. The minimum atomic E-state index is -2.62. The molecule has 4 nitrogen and oxygen atoms in total. The number of rotatable bonds is 5. The molecule has 1 heterocycles. The van der Waals surface area contributed by atoms with Gasteiger partial charge in [-0.2, -0.15) is 8.78 Å². The maximum absolute atomic E-state index is 12.6. The van der Waals surface area contributed by atoms with Crippen LogP contribution in [0.4, 0.5) is 8.78 Å². The van der Waals surface area contributed by atoms with Crippen molar-refractivity contribution in [2.24, 2.45) is 0 Å². The van der Waals surface area contributed by atoms with Crippen LogP contribution in [0.1, 0.15) is 22.7 Å². The van der Waals surface area contributed by atoms with Gasteiger partial charge in [-0.1, -0.05) is 15.9 Å². The first-order valence-corrected chi connectivity index (χ1v) is 7.89. The second-order valence-corrected chi connectivity index (χ2v) is 6.24. The molecule has 1 N–H and O–H groups in total. The molecule has 8 heteroatoms. The Balaban J connectivity index is 1.95. The zero-order valence-corrected chi connectivity index (χ0v) is 14.4. The SMILES string of the molecule is O=C(NCCc1nccn1C(F)F)c1cc(Br)ccc1I. The Hall–Kier alpha value is -1.03. The second kappa shape index (κ2) is 7.30. The molecule has 0 aliphatic heterocycles. The van der Waals surface area contributed by atoms with E-state index < -0.39 is 6.55 Å². The molecular weight excluding hydrogens is 459 g/mol. The molecule has 1 aromatic carbocycles. The molecule has 2 aromatic rings. The van der Waals surface area contributed by atoms with Crippen LogP contribution in [0.5, 0.6) is 0 Å². The Bertz CT molecular complexity index is 648. The van der Waals surface area contributed by atoms with Crippen molar-refractivity contribution in [2.45, 2.75) is 13.0 Å². The quantitative estimate of drug-likeness (QED) is 0.680. The van der Waals surface area contributed by atoms with Crippen molar-refractivity contribution < 1.29 is 13.6 Å². The molecule has 0 unspecified atom stereocenters. The van der Waals surface area contributed by atoms with Crippen LogP contribution in [-0.4, -0.2) is 22.0 Å². The van der Waals surface area contributed by atoms with Crippen molar-refractivity contribution in [3.05, 3.63) is 50.0 Å². The number of carbonyl (C=O) groups is 1. The number of amides is 1. The van der Waals surface area contributed by atoms with Gasteiger partial charge >= 0.3 is 6.55 Å². The Morgan fingerprint density at radius 2 is 2.24 bits per heavy atom. The third-order valence-corrected chi connectivity index (χ3v) is 4.20. The smallest absolute Gasteiger partial charge is 0.319 e. The Morgan fingerprint density at radius 3 is 2.95 bits per heavy atom. The summed E-state index contributed by atoms with van der Waals surface area (Å²) in [5.41, 5.74) is 0.544. The van der Waals surface area contributed by atoms with Crippen LogP contribution in [0.3, 0.4) is 0 Å². The van der Waals surface area contributed by atoms with Crippen LogP contribution in [0.25, 0.3) is 0 Å². The van der Waals surface area contributed by atoms with E-state index in [1.807, 2.05) is 12.1 Å². The molecular formula is C13H11BrF2IN3O. The van der Waals surface area contributed by atoms with E-state index >= 15 is 0 Å². The van der Waals surface area contributed by atoms with Gasteiger partial charge in [0.25, 0.3) is 5.91 Å². The standard InChI is InChI=1S/C13H11BrF2IN3O/c14-8-1-2-10(17)9(7-8)12(21)19-4-3-11-18-5-6-20(11)13(15)16/h1-2,5-7,13H,3-4H2,(H,19,21). The predicted octanol–water partition coefficient (Wildman–Crippen LogP) is 3.62. The summed E-state index contributed by atoms with van der Waals surface area (Å²) < 4.78 is 27.7. The number of halogens is 4. The van der Waals surface area contributed by atoms with Crippen molar-refractivity contribution in [3.8, 4) is 0 Å². The van der Waals surface area contributed by atoms with Gasteiger partial charge in [0.2, 0.25) is 0 Å². The fourth-order valence-corrected chi connectivity index (χ4v) is 2.71. The lowest BCUT2D eigenvalue weighted by Gasteiger charge is -2.09. The van der Waals surface area contributed by atoms with Gasteiger partial charge in [0.15, 0.2) is 0 Å². The highest BCUT2D eigenvalue weighted by molar-refractivity contribution is 14.1. The lowest BCUT2D eigenvalue weighted by atomic mass is 10.2. The lowest BCUT2D eigenvalue weighted by molar-refractivity contribution is 0.0670. The van der Waals surface area contributed by atoms with Gasteiger partial charge in [0, 0.05) is 33.4 Å². The third kappa shape index (κ3) is 4.22. The molecule has 0 radical (unpaired) electrons. The molecule has 0 saturated carbocycles. The first-order chi connectivity index (χ1) is 9.99. The number of hydrogen-bond acceptors (Lipinski definition) is 2. The number of hydrogen-bond donors (Lipinski definition) is 1. The average molecular weight is 470 g/mol. The molecule has 0 spiro atoms. The number of benzene rings is 1. The van der Waals surface area contributed by atoms with Crippen molar-refractivity contribution in [1.82, 2.24) is 14.9 Å². The van der Waals surface area contributed by atoms with E-state index in [-0.39, 0.29) is 24.7 Å². The third-order valence-electron chi connectivity index (χ3n) is 2.77. The van der Waals surface area contributed by atoms with Crippen molar-refractivity contribution in [3.63, 3.8) is 0 Å². The summed E-state index contributed by atoms with van der Waals surface area (Å²) in [6, 6.07) is 5.39. The number of carbonyl (C=O) groups excluding carboxylic acids is 1. The van der Waals surface area contributed by atoms with Crippen LogP contribution >= 0.6 is 38.5 Å². The van der Waals surface area contributed by atoms with Crippen molar-refractivity contribution >= 4 is 44.4 Å². The normalized spacial score (nSPS) is 10.9. The Kier molecular flexibility index (Phi) is 5.68. The summed E-state index contributed by atoms with van der Waals surface area (Å²) in [6.45, 7) is -2.38. The van der Waals surface area contributed by atoms with Crippen LogP contribution in [-0.2, 0) is 6.42 Å². The molecule has 1 aromatic heterocycles. The molecule has 0 atom stereocenters. The first kappa shape index (κ1) is 16.3. The maximum Gasteiger partial charge on any atom is 0.319 e. The molecule has 0 aliphatic carbocycles. The van der Waals surface area contributed by atoms with Crippen molar-refractivity contribution in [1.29, 1.82) is 0 Å². The highest BCUT2D eigenvalue weighted by Crippen LogP contribution is 2.18. The van der Waals surface area contributed by atoms with Gasteiger partial charge in [-0.15, -0.1) is 0 Å². The molecule has 0 saturated heterocycles. The molecule has 0 fully saturated rings. The fourth-order valence-electron chi connectivity index (χ4n) is 1.77. The van der Waals surface area contributed by atoms with Crippen LogP contribution in [0.2, 0.25) is 0 Å². The van der Waals surface area contributed by atoms with E-state index in [0.29, 0.717) is 5.56 Å². The average Bonchev–Trinajstić information content (AvgIpc) is 2.90. The Morgan fingerprint density at radius 1 is 1.48 bits per heavy atom. The molecule has 2 rings (SSSR count). The van der Waals surface area contributed by atoms with Gasteiger partial charge in [0.05, 0.1) is 5.56 Å². The molecule has 0 aliphatic rings. The number of alkyl halides is 2. The van der Waals surface area contributed by atoms with E-state index in [0.717, 1.165) is 12.6 Å². The topological polar surface area (TPSA) is 46.9 Å². The number of aromatic nitrogens is 2. The first-order valence-electron chi connectivity index (χ1n) is 6.02. The Labute approximate surface area is 142 Å². The summed E-state index contributed by atoms with van der Waals surface area (Å²) in [7, 11) is 0. The second-order valence-electron chi connectivity index (χ2n) is 4.16. The van der Waals surface area contributed by atoms with Gasteiger partial charge < -0.3 is 5.32 Å². The van der Waals surface area contributed by atoms with Gasteiger partial charge in [-0.05, 0) is 40.8 Å². The summed E-state index contributed by atoms with van der Waals surface area (Å²) in [6.07, 6.45) is 2.79. The van der Waals surface area contributed by atoms with Gasteiger partial charge in [-0.25, -0.2) is 4.98 Å². The molecule has 1 amide bonds. The zero-order chi connectivity index (χ0) is 15.4. The summed E-state index contributed by atoms with van der Waals surface area (Å²) in [4.78, 5) is 15.9. The number of nitrogens with zero attached hydrogens (tertiary/aromatic N) is 2. The van der Waals surface area contributed by atoms with E-state index in [4.69, 9.17) is 0 Å². The lowest BCUT2D eigenvalue weighted by Crippen LogP contribution is -2.27. The maximum atomic E-state index is 12.6. The van der Waals surface area contributed by atoms with E-state index in [1.165, 1.54) is 12.4 Å². The van der Waals surface area contributed by atoms with Crippen LogP contribution in [0, 0.1) is 3.57 Å². The molecule has 21 heavy (non-hydrogen) atoms. The van der Waals surface area contributed by atoms with Gasteiger partial charge in [-0.3, -0.25) is 9.36 Å².